The summed E-state index contributed by atoms with van der Waals surface area (Å²) in [6.07, 6.45) is 1.77. The van der Waals surface area contributed by atoms with Crippen LogP contribution in [0.4, 0.5) is 5.69 Å². The molecule has 0 saturated carbocycles. The van der Waals surface area contributed by atoms with Crippen LogP contribution in [0.3, 0.4) is 0 Å². The van der Waals surface area contributed by atoms with E-state index in [2.05, 4.69) is 4.99 Å². The van der Waals surface area contributed by atoms with E-state index in [0.717, 1.165) is 0 Å². The molecule has 0 saturated heterocycles. The van der Waals surface area contributed by atoms with Gasteiger partial charge < -0.3 is 4.57 Å². The summed E-state index contributed by atoms with van der Waals surface area (Å²) >= 11 is 0. The van der Waals surface area contributed by atoms with Crippen molar-refractivity contribution in [3.63, 3.8) is 0 Å². The fourth-order valence-electron chi connectivity index (χ4n) is 1.74. The number of aryl methyl sites for hydroxylation is 2. The van der Waals surface area contributed by atoms with Crippen molar-refractivity contribution in [2.45, 2.75) is 6.92 Å². The second-order valence-electron chi connectivity index (χ2n) is 4.35. The van der Waals surface area contributed by atoms with E-state index in [0.29, 0.717) is 11.1 Å². The topological polar surface area (TPSA) is 77.5 Å². The lowest BCUT2D eigenvalue weighted by atomic mass is 10.1. The van der Waals surface area contributed by atoms with Crippen LogP contribution < -0.4 is 5.49 Å². The lowest BCUT2D eigenvalue weighted by Gasteiger charge is -2.01. The number of carbonyl (C=O) groups is 1. The molecule has 0 fully saturated rings. The molecule has 102 valence electrons. The van der Waals surface area contributed by atoms with Crippen molar-refractivity contribution in [3.8, 4) is 0 Å². The molecular formula is C14H13N3O3. The number of nitrogens with zero attached hydrogens (tertiary/aromatic N) is 3. The first-order valence-electron chi connectivity index (χ1n) is 5.95. The summed E-state index contributed by atoms with van der Waals surface area (Å²) < 4.78 is 1.69. The molecule has 6 heteroatoms. The van der Waals surface area contributed by atoms with Crippen LogP contribution in [0, 0.1) is 17.0 Å². The molecule has 0 bridgehead atoms. The maximum Gasteiger partial charge on any atom is 0.279 e. The Labute approximate surface area is 115 Å². The molecule has 1 amide bonds. The summed E-state index contributed by atoms with van der Waals surface area (Å²) in [5.74, 6) is -0.505. The number of nitro groups is 1. The minimum atomic E-state index is -0.505. The van der Waals surface area contributed by atoms with Crippen molar-refractivity contribution in [1.82, 2.24) is 4.57 Å². The number of rotatable bonds is 2. The summed E-state index contributed by atoms with van der Waals surface area (Å²) in [7, 11) is 1.77. The molecule has 0 aliphatic heterocycles. The molecule has 0 radical (unpaired) electrons. The second-order valence-corrected chi connectivity index (χ2v) is 4.35. The molecule has 0 aliphatic rings. The first-order chi connectivity index (χ1) is 9.49. The van der Waals surface area contributed by atoms with Crippen LogP contribution >= 0.6 is 0 Å². The van der Waals surface area contributed by atoms with E-state index in [9.17, 15) is 14.9 Å². The highest BCUT2D eigenvalue weighted by Crippen LogP contribution is 2.19. The molecule has 2 rings (SSSR count). The van der Waals surface area contributed by atoms with E-state index >= 15 is 0 Å². The summed E-state index contributed by atoms with van der Waals surface area (Å²) in [5.41, 5.74) is 1.12. The zero-order chi connectivity index (χ0) is 14.7. The van der Waals surface area contributed by atoms with Crippen LogP contribution in [-0.4, -0.2) is 15.4 Å². The van der Waals surface area contributed by atoms with Gasteiger partial charge in [0.15, 0.2) is 0 Å². The van der Waals surface area contributed by atoms with Gasteiger partial charge in [0.05, 0.1) is 4.92 Å². The summed E-state index contributed by atoms with van der Waals surface area (Å²) in [5, 5.41) is 10.9. The Balaban J connectivity index is 2.45. The Morgan fingerprint density at radius 3 is 2.70 bits per heavy atom. The van der Waals surface area contributed by atoms with Gasteiger partial charge in [0, 0.05) is 30.4 Å². The smallest absolute Gasteiger partial charge is 0.279 e. The molecule has 0 N–H and O–H groups in total. The summed E-state index contributed by atoms with van der Waals surface area (Å²) in [6.45, 7) is 1.63. The van der Waals surface area contributed by atoms with Crippen molar-refractivity contribution in [1.29, 1.82) is 0 Å². The van der Waals surface area contributed by atoms with Crippen LogP contribution in [-0.2, 0) is 7.05 Å². The largest absolute Gasteiger partial charge is 0.336 e. The van der Waals surface area contributed by atoms with E-state index in [4.69, 9.17) is 0 Å². The number of benzene rings is 1. The van der Waals surface area contributed by atoms with Crippen LogP contribution in [0.25, 0.3) is 0 Å². The zero-order valence-electron chi connectivity index (χ0n) is 11.1. The Morgan fingerprint density at radius 2 is 2.05 bits per heavy atom. The van der Waals surface area contributed by atoms with Gasteiger partial charge in [0.25, 0.3) is 11.6 Å². The van der Waals surface area contributed by atoms with Crippen LogP contribution in [0.5, 0.6) is 0 Å². The van der Waals surface area contributed by atoms with Gasteiger partial charge >= 0.3 is 0 Å². The molecule has 2 aromatic rings. The Hall–Kier alpha value is -2.76. The minimum absolute atomic E-state index is 0.0801. The van der Waals surface area contributed by atoms with Crippen LogP contribution in [0.2, 0.25) is 0 Å². The van der Waals surface area contributed by atoms with Gasteiger partial charge in [-0.1, -0.05) is 12.1 Å². The lowest BCUT2D eigenvalue weighted by Crippen LogP contribution is -2.18. The molecule has 0 atom stereocenters. The van der Waals surface area contributed by atoms with Gasteiger partial charge in [-0.05, 0) is 25.1 Å². The number of amides is 1. The average Bonchev–Trinajstić information content (AvgIpc) is 2.41. The van der Waals surface area contributed by atoms with Gasteiger partial charge in [-0.15, -0.1) is 0 Å². The molecule has 0 spiro atoms. The van der Waals surface area contributed by atoms with E-state index in [1.54, 1.807) is 42.9 Å². The molecule has 20 heavy (non-hydrogen) atoms. The number of pyridine rings is 1. The van der Waals surface area contributed by atoms with Crippen molar-refractivity contribution in [3.05, 3.63) is 69.3 Å². The fraction of sp³-hybridized carbons (Fsp3) is 0.143. The number of hydrogen-bond donors (Lipinski definition) is 0. The molecule has 1 aromatic heterocycles. The van der Waals surface area contributed by atoms with Gasteiger partial charge in [-0.3, -0.25) is 14.9 Å². The molecule has 1 heterocycles. The highest BCUT2D eigenvalue weighted by molar-refractivity contribution is 5.95. The normalized spacial score (nSPS) is 11.4. The zero-order valence-corrected chi connectivity index (χ0v) is 11.1. The van der Waals surface area contributed by atoms with Crippen molar-refractivity contribution in [2.75, 3.05) is 0 Å². The Kier molecular flexibility index (Phi) is 3.74. The van der Waals surface area contributed by atoms with Gasteiger partial charge in [0.2, 0.25) is 0 Å². The third kappa shape index (κ3) is 2.80. The molecule has 6 nitrogen and oxygen atoms in total. The number of carbonyl (C=O) groups excluding carboxylic acids is 1. The van der Waals surface area contributed by atoms with Crippen LogP contribution in [0.15, 0.2) is 47.6 Å². The van der Waals surface area contributed by atoms with Crippen molar-refractivity contribution < 1.29 is 9.72 Å². The van der Waals surface area contributed by atoms with E-state index in [1.807, 2.05) is 6.07 Å². The molecule has 0 aliphatic carbocycles. The highest BCUT2D eigenvalue weighted by Gasteiger charge is 2.14. The predicted octanol–water partition coefficient (Wildman–Crippen LogP) is 1.98. The third-order valence-corrected chi connectivity index (χ3v) is 2.90. The second kappa shape index (κ2) is 5.48. The first kappa shape index (κ1) is 13.7. The monoisotopic (exact) mass is 271 g/mol. The van der Waals surface area contributed by atoms with E-state index in [-0.39, 0.29) is 11.3 Å². The number of hydrogen-bond acceptors (Lipinski definition) is 3. The quantitative estimate of drug-likeness (QED) is 0.619. The molecule has 1 aromatic carbocycles. The van der Waals surface area contributed by atoms with E-state index in [1.165, 1.54) is 12.1 Å². The lowest BCUT2D eigenvalue weighted by molar-refractivity contribution is -0.385. The standard InChI is InChI=1S/C14H13N3O3/c1-10-6-7-11(9-12(10)17(19)20)14(18)15-13-5-3-4-8-16(13)2/h3-9H,1-2H3. The van der Waals surface area contributed by atoms with Gasteiger partial charge in [-0.2, -0.15) is 4.99 Å². The van der Waals surface area contributed by atoms with Crippen molar-refractivity contribution >= 4 is 11.6 Å². The Morgan fingerprint density at radius 1 is 1.30 bits per heavy atom. The average molecular weight is 271 g/mol. The number of nitro benzene ring substituents is 1. The summed E-state index contributed by atoms with van der Waals surface area (Å²) in [6, 6.07) is 9.62. The Bertz CT molecular complexity index is 747. The third-order valence-electron chi connectivity index (χ3n) is 2.90. The fourth-order valence-corrected chi connectivity index (χ4v) is 1.74. The maximum atomic E-state index is 12.0. The first-order valence-corrected chi connectivity index (χ1v) is 5.95. The maximum absolute atomic E-state index is 12.0. The van der Waals surface area contributed by atoms with Gasteiger partial charge in [0.1, 0.15) is 5.49 Å². The van der Waals surface area contributed by atoms with Gasteiger partial charge in [-0.25, -0.2) is 0 Å². The summed E-state index contributed by atoms with van der Waals surface area (Å²) in [4.78, 5) is 26.4. The van der Waals surface area contributed by atoms with E-state index < -0.39 is 10.8 Å². The molecular weight excluding hydrogens is 258 g/mol. The van der Waals surface area contributed by atoms with Crippen molar-refractivity contribution in [2.24, 2.45) is 12.0 Å². The predicted molar refractivity (Wildman–Crippen MR) is 73.1 cm³/mol. The van der Waals surface area contributed by atoms with Crippen LogP contribution in [0.1, 0.15) is 15.9 Å². The minimum Gasteiger partial charge on any atom is -0.336 e. The number of aromatic nitrogens is 1. The highest BCUT2D eigenvalue weighted by atomic mass is 16.6. The SMILES string of the molecule is Cc1ccc(C(=O)N=c2ccccn2C)cc1[N+](=O)[O-]. The molecule has 0 unspecified atom stereocenters.